The van der Waals surface area contributed by atoms with Crippen LogP contribution in [0.3, 0.4) is 0 Å². The maximum atomic E-state index is 11.6. The van der Waals surface area contributed by atoms with Gasteiger partial charge in [-0.25, -0.2) is 9.78 Å². The van der Waals surface area contributed by atoms with Gasteiger partial charge in [-0.1, -0.05) is 11.3 Å². The van der Waals surface area contributed by atoms with Gasteiger partial charge in [0.25, 0.3) is 0 Å². The van der Waals surface area contributed by atoms with E-state index in [-0.39, 0.29) is 24.0 Å². The van der Waals surface area contributed by atoms with E-state index in [0.717, 1.165) is 23.5 Å². The summed E-state index contributed by atoms with van der Waals surface area (Å²) in [5, 5.41) is 9.35. The Balaban J connectivity index is 1.82. The zero-order valence-electron chi connectivity index (χ0n) is 11.4. The Hall–Kier alpha value is -1.67. The van der Waals surface area contributed by atoms with E-state index in [1.807, 2.05) is 4.90 Å². The van der Waals surface area contributed by atoms with Crippen LogP contribution in [-0.4, -0.2) is 48.0 Å². The molecule has 2 bridgehead atoms. The van der Waals surface area contributed by atoms with Crippen LogP contribution in [0, 0.1) is 0 Å². The summed E-state index contributed by atoms with van der Waals surface area (Å²) in [6.07, 6.45) is 0.793. The average molecular weight is 295 g/mol. The molecule has 0 saturated carbocycles. The molecular weight excluding hydrogens is 278 g/mol. The normalized spacial score (nSPS) is 24.0. The summed E-state index contributed by atoms with van der Waals surface area (Å²) in [6.45, 7) is 2.99. The van der Waals surface area contributed by atoms with E-state index in [9.17, 15) is 9.59 Å². The smallest absolute Gasteiger partial charge is 0.320 e. The molecule has 2 aliphatic rings. The van der Waals surface area contributed by atoms with Crippen LogP contribution in [0.15, 0.2) is 0 Å². The summed E-state index contributed by atoms with van der Waals surface area (Å²) in [7, 11) is 1.57. The molecule has 108 valence electrons. The lowest BCUT2D eigenvalue weighted by Crippen LogP contribution is -2.56. The zero-order chi connectivity index (χ0) is 14.3. The molecular formula is C12H17N5O2S. The number of fused-ring (bicyclic) bond motifs is 4. The molecule has 0 aliphatic carbocycles. The molecule has 7 nitrogen and oxygen atoms in total. The number of nitrogens with zero attached hydrogens (tertiary/aromatic N) is 2. The van der Waals surface area contributed by atoms with Crippen LogP contribution in [0.25, 0.3) is 0 Å². The Morgan fingerprint density at radius 1 is 1.45 bits per heavy atom. The van der Waals surface area contributed by atoms with Crippen molar-refractivity contribution in [2.45, 2.75) is 25.4 Å². The van der Waals surface area contributed by atoms with Gasteiger partial charge in [0, 0.05) is 44.4 Å². The number of carbonyl (C=O) groups excluding carboxylic acids is 2. The molecule has 1 aromatic heterocycles. The molecule has 8 heteroatoms. The van der Waals surface area contributed by atoms with Gasteiger partial charge in [-0.05, 0) is 0 Å². The van der Waals surface area contributed by atoms with Gasteiger partial charge in [-0.3, -0.25) is 10.1 Å². The molecule has 20 heavy (non-hydrogen) atoms. The molecule has 0 aromatic carbocycles. The number of amides is 3. The van der Waals surface area contributed by atoms with Gasteiger partial charge < -0.3 is 15.5 Å². The van der Waals surface area contributed by atoms with Gasteiger partial charge in [-0.15, -0.1) is 0 Å². The molecule has 3 heterocycles. The van der Waals surface area contributed by atoms with Gasteiger partial charge in [0.05, 0.1) is 11.7 Å². The Labute approximate surface area is 120 Å². The summed E-state index contributed by atoms with van der Waals surface area (Å²) in [6, 6.07) is 0.108. The van der Waals surface area contributed by atoms with E-state index in [2.05, 4.69) is 20.9 Å². The number of piperazine rings is 1. The Bertz CT molecular complexity index is 558. The molecule has 3 N–H and O–H groups in total. The predicted molar refractivity (Wildman–Crippen MR) is 75.8 cm³/mol. The van der Waals surface area contributed by atoms with E-state index in [0.29, 0.717) is 11.7 Å². The quantitative estimate of drug-likeness (QED) is 0.696. The third-order valence-electron chi connectivity index (χ3n) is 3.66. The Kier molecular flexibility index (Phi) is 3.35. The molecule has 0 radical (unpaired) electrons. The van der Waals surface area contributed by atoms with Crippen LogP contribution in [0.4, 0.5) is 9.93 Å². The van der Waals surface area contributed by atoms with Crippen LogP contribution < -0.4 is 16.0 Å². The SMILES string of the molecule is CNC(=O)Nc1nc2c(s1)[C@H]1CN(C(C)=O)C[C@@H](C2)N1. The van der Waals surface area contributed by atoms with Crippen molar-refractivity contribution in [3.05, 3.63) is 10.6 Å². The van der Waals surface area contributed by atoms with Crippen molar-refractivity contribution in [1.82, 2.24) is 20.5 Å². The first-order valence-electron chi connectivity index (χ1n) is 6.56. The third kappa shape index (κ3) is 2.36. The lowest BCUT2D eigenvalue weighted by atomic mass is 9.96. The molecule has 2 aliphatic heterocycles. The minimum Gasteiger partial charge on any atom is -0.341 e. The molecule has 3 rings (SSSR count). The largest absolute Gasteiger partial charge is 0.341 e. The second kappa shape index (κ2) is 5.02. The molecule has 2 atom stereocenters. The van der Waals surface area contributed by atoms with Gasteiger partial charge in [-0.2, -0.15) is 0 Å². The van der Waals surface area contributed by atoms with Crippen molar-refractivity contribution >= 4 is 28.4 Å². The van der Waals surface area contributed by atoms with Crippen molar-refractivity contribution in [2.24, 2.45) is 0 Å². The minimum absolute atomic E-state index is 0.109. The fraction of sp³-hybridized carbons (Fsp3) is 0.583. The number of urea groups is 1. The van der Waals surface area contributed by atoms with Crippen LogP contribution >= 0.6 is 11.3 Å². The minimum atomic E-state index is -0.266. The summed E-state index contributed by atoms with van der Waals surface area (Å²) >= 11 is 1.48. The van der Waals surface area contributed by atoms with E-state index in [1.165, 1.54) is 11.3 Å². The molecule has 1 aromatic rings. The Morgan fingerprint density at radius 2 is 2.25 bits per heavy atom. The number of anilines is 1. The van der Waals surface area contributed by atoms with Crippen molar-refractivity contribution in [1.29, 1.82) is 0 Å². The first kappa shape index (κ1) is 13.3. The summed E-state index contributed by atoms with van der Waals surface area (Å²) < 4.78 is 0. The number of carbonyl (C=O) groups is 2. The predicted octanol–water partition coefficient (Wildman–Crippen LogP) is 0.312. The topological polar surface area (TPSA) is 86.4 Å². The van der Waals surface area contributed by atoms with Gasteiger partial charge in [0.15, 0.2) is 5.13 Å². The summed E-state index contributed by atoms with van der Waals surface area (Å²) in [5.74, 6) is 0.109. The second-order valence-corrected chi connectivity index (χ2v) is 6.11. The van der Waals surface area contributed by atoms with Gasteiger partial charge in [0.1, 0.15) is 0 Å². The van der Waals surface area contributed by atoms with Crippen molar-refractivity contribution in [2.75, 3.05) is 25.5 Å². The fourth-order valence-corrected chi connectivity index (χ4v) is 3.76. The van der Waals surface area contributed by atoms with E-state index >= 15 is 0 Å². The maximum absolute atomic E-state index is 11.6. The van der Waals surface area contributed by atoms with Crippen LogP contribution in [0.5, 0.6) is 0 Å². The average Bonchev–Trinajstić information content (AvgIpc) is 2.80. The standard InChI is InChI=1S/C12H17N5O2S/c1-6(18)17-4-7-3-8-10(9(5-17)14-7)20-12(15-8)16-11(19)13-2/h7,9,14H,3-5H2,1-2H3,(H2,13,15,16,19)/t7-,9-/m1/s1. The summed E-state index contributed by atoms with van der Waals surface area (Å²) in [4.78, 5) is 30.4. The zero-order valence-corrected chi connectivity index (χ0v) is 12.2. The van der Waals surface area contributed by atoms with Crippen LogP contribution in [-0.2, 0) is 11.2 Å². The molecule has 3 amide bonds. The van der Waals surface area contributed by atoms with Crippen LogP contribution in [0.1, 0.15) is 23.5 Å². The highest BCUT2D eigenvalue weighted by Gasteiger charge is 2.36. The number of nitrogens with one attached hydrogen (secondary N) is 3. The van der Waals surface area contributed by atoms with E-state index in [1.54, 1.807) is 14.0 Å². The van der Waals surface area contributed by atoms with Gasteiger partial charge in [0.2, 0.25) is 5.91 Å². The molecule has 0 unspecified atom stereocenters. The van der Waals surface area contributed by atoms with Crippen molar-refractivity contribution in [3.63, 3.8) is 0 Å². The van der Waals surface area contributed by atoms with E-state index in [4.69, 9.17) is 0 Å². The monoisotopic (exact) mass is 295 g/mol. The number of hydrogen-bond acceptors (Lipinski definition) is 5. The first-order valence-corrected chi connectivity index (χ1v) is 7.38. The summed E-state index contributed by atoms with van der Waals surface area (Å²) in [5.41, 5.74) is 1.04. The number of hydrogen-bond donors (Lipinski definition) is 3. The number of thiazole rings is 1. The highest BCUT2D eigenvalue weighted by atomic mass is 32.1. The first-order chi connectivity index (χ1) is 9.56. The van der Waals surface area contributed by atoms with Crippen molar-refractivity contribution < 1.29 is 9.59 Å². The number of aromatic nitrogens is 1. The third-order valence-corrected chi connectivity index (χ3v) is 4.78. The van der Waals surface area contributed by atoms with E-state index < -0.39 is 0 Å². The second-order valence-electron chi connectivity index (χ2n) is 5.08. The molecule has 1 fully saturated rings. The highest BCUT2D eigenvalue weighted by molar-refractivity contribution is 7.16. The Morgan fingerprint density at radius 3 is 2.95 bits per heavy atom. The van der Waals surface area contributed by atoms with Gasteiger partial charge >= 0.3 is 6.03 Å². The molecule has 0 spiro atoms. The number of rotatable bonds is 1. The highest BCUT2D eigenvalue weighted by Crippen LogP contribution is 2.35. The van der Waals surface area contributed by atoms with Crippen molar-refractivity contribution in [3.8, 4) is 0 Å². The fourth-order valence-electron chi connectivity index (χ4n) is 2.72. The van der Waals surface area contributed by atoms with Crippen LogP contribution in [0.2, 0.25) is 0 Å². The maximum Gasteiger partial charge on any atom is 0.320 e. The lowest BCUT2D eigenvalue weighted by molar-refractivity contribution is -0.130. The lowest BCUT2D eigenvalue weighted by Gasteiger charge is -2.41. The molecule has 1 saturated heterocycles.